The van der Waals surface area contributed by atoms with E-state index < -0.39 is 22.9 Å². The fraction of sp³-hybridized carbons (Fsp3) is 0.569. The smallest absolute Gasteiger partial charge is 0.227 e. The summed E-state index contributed by atoms with van der Waals surface area (Å²) in [6.07, 6.45) is 13.1. The van der Waals surface area contributed by atoms with Gasteiger partial charge in [0.05, 0.1) is 32.3 Å². The molecule has 60 heavy (non-hydrogen) atoms. The number of nitrogens with zero attached hydrogens (tertiary/aromatic N) is 1. The van der Waals surface area contributed by atoms with Gasteiger partial charge in [0.15, 0.2) is 17.3 Å². The number of hydrogen-bond acceptors (Lipinski definition) is 6. The summed E-state index contributed by atoms with van der Waals surface area (Å²) >= 11 is 6.46. The number of aliphatic hydroxyl groups excluding tert-OH is 1. The van der Waals surface area contributed by atoms with E-state index in [-0.39, 0.29) is 53.0 Å². The standard InChI is InChI=1S/C51H63ClFNO6/c1-32-7-6-17-49(2)42(39-14-11-33(22-38(55)13-10-32)23-40(39)45(56)26-41-43(52)8-5-9-44(41)53)16-18-51(49,58)31-54(30-50-27-35-19-36(28-50)21-37(20-35)29-50)48(57)25-34-12-15-46(59-3)47(24-34)60-4/h5,7-9,11-12,14-15,23-24,35-38,42,55,58H,6,10,13,16-22,25-31H2,1-4H3/t35?,36?,37?,38-,42-,49-,50?,51+/m0/s1. The van der Waals surface area contributed by atoms with Crippen LogP contribution in [0.5, 0.6) is 11.5 Å². The predicted molar refractivity (Wildman–Crippen MR) is 233 cm³/mol. The van der Waals surface area contributed by atoms with Crippen LogP contribution in [-0.2, 0) is 24.1 Å². The maximum Gasteiger partial charge on any atom is 0.227 e. The lowest BCUT2D eigenvalue weighted by atomic mass is 9.49. The van der Waals surface area contributed by atoms with Crippen molar-refractivity contribution >= 4 is 23.3 Å². The first-order chi connectivity index (χ1) is 28.7. The highest BCUT2D eigenvalue weighted by atomic mass is 35.5. The molecule has 9 heteroatoms. The normalized spacial score (nSPS) is 31.0. The van der Waals surface area contributed by atoms with Crippen LogP contribution in [0.2, 0.25) is 5.02 Å². The first kappa shape index (κ1) is 42.9. The molecule has 7 aliphatic carbocycles. The molecule has 322 valence electrons. The van der Waals surface area contributed by atoms with E-state index in [0.717, 1.165) is 42.4 Å². The highest BCUT2D eigenvalue weighted by molar-refractivity contribution is 6.31. The summed E-state index contributed by atoms with van der Waals surface area (Å²) in [5, 5.41) is 24.7. The lowest BCUT2D eigenvalue weighted by Crippen LogP contribution is -2.58. The molecule has 0 heterocycles. The van der Waals surface area contributed by atoms with Crippen molar-refractivity contribution in [2.24, 2.45) is 28.6 Å². The third-order valence-corrected chi connectivity index (χ3v) is 16.0. The highest BCUT2D eigenvalue weighted by Crippen LogP contribution is 2.62. The highest BCUT2D eigenvalue weighted by Gasteiger charge is 2.59. The molecule has 0 unspecified atom stereocenters. The molecule has 4 atom stereocenters. The van der Waals surface area contributed by atoms with E-state index >= 15 is 4.39 Å². The fourth-order valence-electron chi connectivity index (χ4n) is 12.9. The molecule has 2 N–H and O–H groups in total. The number of aliphatic hydroxyl groups is 2. The number of rotatable bonds is 11. The van der Waals surface area contributed by atoms with Crippen molar-refractivity contribution < 1.29 is 33.7 Å². The van der Waals surface area contributed by atoms with Gasteiger partial charge in [0.25, 0.3) is 0 Å². The maximum atomic E-state index is 15.1. The molecule has 6 bridgehead atoms. The minimum Gasteiger partial charge on any atom is -0.493 e. The fourth-order valence-corrected chi connectivity index (χ4v) is 13.1. The Labute approximate surface area is 360 Å². The van der Waals surface area contributed by atoms with E-state index in [9.17, 15) is 19.8 Å². The molecule has 3 aromatic rings. The molecule has 10 rings (SSSR count). The average molecular weight is 841 g/mol. The summed E-state index contributed by atoms with van der Waals surface area (Å²) in [6.45, 7) is 5.11. The summed E-state index contributed by atoms with van der Waals surface area (Å²) in [6, 6.07) is 16.0. The van der Waals surface area contributed by atoms with Crippen LogP contribution in [0.3, 0.4) is 0 Å². The van der Waals surface area contributed by atoms with Gasteiger partial charge in [-0.2, -0.15) is 0 Å². The van der Waals surface area contributed by atoms with Gasteiger partial charge >= 0.3 is 0 Å². The van der Waals surface area contributed by atoms with E-state index in [1.807, 2.05) is 41.3 Å². The molecule has 7 aliphatic rings. The van der Waals surface area contributed by atoms with Gasteiger partial charge in [0, 0.05) is 41.1 Å². The van der Waals surface area contributed by atoms with Crippen LogP contribution >= 0.6 is 11.6 Å². The van der Waals surface area contributed by atoms with Gasteiger partial charge in [-0.05, 0) is 167 Å². The van der Waals surface area contributed by atoms with Crippen LogP contribution < -0.4 is 9.47 Å². The Morgan fingerprint density at radius 3 is 2.30 bits per heavy atom. The minimum atomic E-state index is -1.27. The minimum absolute atomic E-state index is 0.00406. The second kappa shape index (κ2) is 17.2. The summed E-state index contributed by atoms with van der Waals surface area (Å²) in [7, 11) is 3.20. The molecule has 3 aromatic carbocycles. The van der Waals surface area contributed by atoms with Gasteiger partial charge < -0.3 is 24.6 Å². The average Bonchev–Trinajstić information content (AvgIpc) is 3.45. The van der Waals surface area contributed by atoms with Gasteiger partial charge in [0.1, 0.15) is 5.82 Å². The van der Waals surface area contributed by atoms with Crippen molar-refractivity contribution in [3.8, 4) is 11.5 Å². The van der Waals surface area contributed by atoms with E-state index in [0.29, 0.717) is 79.9 Å². The SMILES string of the molecule is COc1ccc(CC(=O)N(CC23CC4CC(CC(C4)C2)C3)C[C@]2(O)CC[C@H]3c4ccc(cc4C(=O)Cc4c(F)cccc4Cl)C[C@@H](O)CCC(C)=CCC[C@@]32C)cc1OC. The van der Waals surface area contributed by atoms with Crippen LogP contribution in [0.25, 0.3) is 0 Å². The first-order valence-electron chi connectivity index (χ1n) is 22.3. The van der Waals surface area contributed by atoms with E-state index in [1.165, 1.54) is 37.0 Å². The summed E-state index contributed by atoms with van der Waals surface area (Å²) < 4.78 is 26.3. The largest absolute Gasteiger partial charge is 0.493 e. The van der Waals surface area contributed by atoms with Crippen molar-refractivity contribution in [2.45, 2.75) is 128 Å². The molecule has 0 aliphatic heterocycles. The zero-order valence-corrected chi connectivity index (χ0v) is 36.7. The molecular formula is C51H63ClFNO6. The Kier molecular flexibility index (Phi) is 12.3. The summed E-state index contributed by atoms with van der Waals surface area (Å²) in [5.74, 6) is 2.32. The van der Waals surface area contributed by atoms with Crippen LogP contribution in [0.4, 0.5) is 4.39 Å². The van der Waals surface area contributed by atoms with E-state index in [2.05, 4.69) is 19.9 Å². The van der Waals surface area contributed by atoms with Crippen LogP contribution in [0.1, 0.15) is 129 Å². The monoisotopic (exact) mass is 839 g/mol. The van der Waals surface area contributed by atoms with Crippen molar-refractivity contribution in [3.63, 3.8) is 0 Å². The maximum absolute atomic E-state index is 15.1. The van der Waals surface area contributed by atoms with Gasteiger partial charge in [0.2, 0.25) is 5.91 Å². The number of carbonyl (C=O) groups excluding carboxylic acids is 2. The first-order valence-corrected chi connectivity index (χ1v) is 22.7. The number of ketones is 1. The van der Waals surface area contributed by atoms with Gasteiger partial charge in [-0.25, -0.2) is 4.39 Å². The number of carbonyl (C=O) groups is 2. The molecule has 0 radical (unpaired) electrons. The summed E-state index contributed by atoms with van der Waals surface area (Å²) in [4.78, 5) is 31.4. The molecule has 0 aromatic heterocycles. The molecule has 7 nitrogen and oxygen atoms in total. The molecule has 5 saturated carbocycles. The predicted octanol–water partition coefficient (Wildman–Crippen LogP) is 10.2. The van der Waals surface area contributed by atoms with E-state index in [4.69, 9.17) is 21.1 Å². The quantitative estimate of drug-likeness (QED) is 0.148. The van der Waals surface area contributed by atoms with Crippen molar-refractivity contribution in [1.82, 2.24) is 4.90 Å². The second-order valence-corrected chi connectivity index (χ2v) is 20.2. The van der Waals surface area contributed by atoms with Gasteiger partial charge in [-0.15, -0.1) is 0 Å². The molecular weight excluding hydrogens is 777 g/mol. The number of hydrogen-bond donors (Lipinski definition) is 2. The van der Waals surface area contributed by atoms with E-state index in [1.54, 1.807) is 20.3 Å². The number of Topliss-reactive ketones (excluding diaryl/α,β-unsaturated/α-hetero) is 1. The Morgan fingerprint density at radius 1 is 0.900 bits per heavy atom. The van der Waals surface area contributed by atoms with Gasteiger partial charge in [-0.3, -0.25) is 9.59 Å². The number of allylic oxidation sites excluding steroid dienone is 2. The zero-order chi connectivity index (χ0) is 42.4. The van der Waals surface area contributed by atoms with Crippen LogP contribution in [-0.4, -0.2) is 65.8 Å². The van der Waals surface area contributed by atoms with Crippen molar-refractivity contribution in [2.75, 3.05) is 27.3 Å². The topological polar surface area (TPSA) is 96.3 Å². The molecule has 5 fully saturated rings. The van der Waals surface area contributed by atoms with Crippen LogP contribution in [0.15, 0.2) is 66.2 Å². The number of fused-ring (bicyclic) bond motifs is 8. The molecule has 0 saturated heterocycles. The number of amides is 1. The van der Waals surface area contributed by atoms with Crippen LogP contribution in [0, 0.1) is 34.4 Å². The lowest BCUT2D eigenvalue weighted by molar-refractivity contribution is -0.148. The third-order valence-electron chi connectivity index (χ3n) is 15.7. The Balaban J connectivity index is 1.17. The second-order valence-electron chi connectivity index (χ2n) is 19.8. The number of ether oxygens (including phenoxy) is 2. The number of benzene rings is 3. The van der Waals surface area contributed by atoms with Crippen molar-refractivity contribution in [1.29, 1.82) is 0 Å². The third kappa shape index (κ3) is 8.55. The Morgan fingerprint density at radius 2 is 1.62 bits per heavy atom. The zero-order valence-electron chi connectivity index (χ0n) is 35.9. The summed E-state index contributed by atoms with van der Waals surface area (Å²) in [5.41, 5.74) is 2.39. The Hall–Kier alpha value is -3.72. The number of methoxy groups -OCH3 is 2. The lowest BCUT2D eigenvalue weighted by Gasteiger charge is -2.58. The molecule has 1 amide bonds. The number of halogens is 2. The Bertz CT molecular complexity index is 2080. The molecule has 0 spiro atoms. The van der Waals surface area contributed by atoms with Gasteiger partial charge in [-0.1, -0.05) is 54.4 Å². The van der Waals surface area contributed by atoms with Crippen molar-refractivity contribution in [3.05, 3.63) is 105 Å².